The molecule has 6 heteroatoms. The molecule has 2 atom stereocenters. The van der Waals surface area contributed by atoms with Crippen molar-refractivity contribution in [2.24, 2.45) is 11.8 Å². The van der Waals surface area contributed by atoms with Crippen LogP contribution in [0.4, 0.5) is 5.69 Å². The fourth-order valence-electron chi connectivity index (χ4n) is 6.39. The van der Waals surface area contributed by atoms with E-state index in [1.54, 1.807) is 38.1 Å². The molecule has 3 aliphatic carbocycles. The van der Waals surface area contributed by atoms with Crippen molar-refractivity contribution < 1.29 is 23.9 Å². The molecule has 0 spiro atoms. The average Bonchev–Trinajstić information content (AvgIpc) is 3.14. The summed E-state index contributed by atoms with van der Waals surface area (Å²) in [7, 11) is 0. The molecule has 3 aromatic carbocycles. The summed E-state index contributed by atoms with van der Waals surface area (Å²) in [5.74, 6) is -3.46. The molecule has 2 bridgehead atoms. The topological polar surface area (TPSA) is 80.8 Å². The SMILES string of the molecule is CC(C)OC(=O)c1ccccc1N1C(=O)[C@H]2C3c4ccccc4C(C=O)(c4ccccc43)[C@H]2C1=O. The second-order valence-corrected chi connectivity index (χ2v) is 9.63. The molecule has 3 aromatic rings. The molecule has 4 aliphatic rings. The standard InChI is InChI=1S/C29H23NO5/c1-16(2)35-28(34)19-11-5-8-14-22(19)30-26(32)24-23-17-9-3-6-12-20(17)29(15-31,25(24)27(30)33)21-13-7-4-10-18(21)23/h3-16,23-25H,1-2H3/t23?,24-,25+,29?/m0/s1. The summed E-state index contributed by atoms with van der Waals surface area (Å²) >= 11 is 0. The van der Waals surface area contributed by atoms with E-state index < -0.39 is 35.0 Å². The first kappa shape index (κ1) is 21.5. The first-order valence-electron chi connectivity index (χ1n) is 11.7. The Morgan fingerprint density at radius 3 is 2.06 bits per heavy atom. The lowest BCUT2D eigenvalue weighted by molar-refractivity contribution is -0.128. The van der Waals surface area contributed by atoms with E-state index >= 15 is 0 Å². The molecule has 0 aromatic heterocycles. The summed E-state index contributed by atoms with van der Waals surface area (Å²) in [6, 6.07) is 21.6. The van der Waals surface area contributed by atoms with Crippen LogP contribution in [0.25, 0.3) is 0 Å². The Labute approximate surface area is 202 Å². The Bertz CT molecular complexity index is 1380. The summed E-state index contributed by atoms with van der Waals surface area (Å²) in [6.07, 6.45) is 0.479. The van der Waals surface area contributed by atoms with Gasteiger partial charge in [0.05, 0.1) is 34.6 Å². The number of aldehydes is 1. The summed E-state index contributed by atoms with van der Waals surface area (Å²) < 4.78 is 5.38. The van der Waals surface area contributed by atoms with Crippen molar-refractivity contribution in [3.63, 3.8) is 0 Å². The zero-order valence-electron chi connectivity index (χ0n) is 19.3. The predicted octanol–water partition coefficient (Wildman–Crippen LogP) is 4.00. The van der Waals surface area contributed by atoms with Crippen LogP contribution in [0.15, 0.2) is 72.8 Å². The molecule has 0 N–H and O–H groups in total. The van der Waals surface area contributed by atoms with Crippen LogP contribution in [0.3, 0.4) is 0 Å². The number of rotatable bonds is 4. The van der Waals surface area contributed by atoms with Gasteiger partial charge in [0.2, 0.25) is 11.8 Å². The van der Waals surface area contributed by atoms with Crippen LogP contribution in [0.1, 0.15) is 52.4 Å². The third kappa shape index (κ3) is 2.65. The number of nitrogens with zero attached hydrogens (tertiary/aromatic N) is 1. The Morgan fingerprint density at radius 2 is 1.46 bits per heavy atom. The van der Waals surface area contributed by atoms with Gasteiger partial charge in [0.1, 0.15) is 6.29 Å². The van der Waals surface area contributed by atoms with E-state index in [2.05, 4.69) is 0 Å². The number of hydrogen-bond donors (Lipinski definition) is 0. The highest BCUT2D eigenvalue weighted by molar-refractivity contribution is 6.26. The number of imide groups is 1. The van der Waals surface area contributed by atoms with Gasteiger partial charge in [-0.2, -0.15) is 0 Å². The lowest BCUT2D eigenvalue weighted by atomic mass is 9.48. The second kappa shape index (κ2) is 7.47. The molecule has 0 saturated carbocycles. The quantitative estimate of drug-likeness (QED) is 0.331. The number of carbonyl (C=O) groups is 4. The summed E-state index contributed by atoms with van der Waals surface area (Å²) in [5, 5.41) is 0. The fraction of sp³-hybridized carbons (Fsp3) is 0.241. The van der Waals surface area contributed by atoms with E-state index in [1.807, 2.05) is 48.5 Å². The number of esters is 1. The first-order chi connectivity index (χ1) is 16.9. The van der Waals surface area contributed by atoms with E-state index in [-0.39, 0.29) is 23.3 Å². The minimum atomic E-state index is -1.28. The molecule has 1 aliphatic heterocycles. The highest BCUT2D eigenvalue weighted by Gasteiger charge is 2.68. The highest BCUT2D eigenvalue weighted by Crippen LogP contribution is 2.63. The smallest absolute Gasteiger partial charge is 0.340 e. The lowest BCUT2D eigenvalue weighted by Crippen LogP contribution is -2.54. The number of amides is 2. The number of benzene rings is 3. The number of anilines is 1. The maximum Gasteiger partial charge on any atom is 0.340 e. The van der Waals surface area contributed by atoms with Gasteiger partial charge in [-0.05, 0) is 48.2 Å². The van der Waals surface area contributed by atoms with Gasteiger partial charge in [-0.1, -0.05) is 60.7 Å². The molecule has 6 nitrogen and oxygen atoms in total. The average molecular weight is 466 g/mol. The first-order valence-corrected chi connectivity index (χ1v) is 11.7. The molecule has 1 saturated heterocycles. The number of carbonyl (C=O) groups excluding carboxylic acids is 4. The third-order valence-electron chi connectivity index (χ3n) is 7.58. The number of para-hydroxylation sites is 1. The van der Waals surface area contributed by atoms with Gasteiger partial charge in [0.15, 0.2) is 0 Å². The van der Waals surface area contributed by atoms with E-state index in [4.69, 9.17) is 4.74 Å². The van der Waals surface area contributed by atoms with E-state index in [0.717, 1.165) is 33.4 Å². The van der Waals surface area contributed by atoms with Crippen molar-refractivity contribution in [1.82, 2.24) is 0 Å². The number of hydrogen-bond acceptors (Lipinski definition) is 5. The van der Waals surface area contributed by atoms with Gasteiger partial charge in [0, 0.05) is 5.92 Å². The van der Waals surface area contributed by atoms with Gasteiger partial charge in [-0.15, -0.1) is 0 Å². The van der Waals surface area contributed by atoms with Crippen molar-refractivity contribution in [3.05, 3.63) is 101 Å². The Kier molecular flexibility index (Phi) is 4.58. The Balaban J connectivity index is 1.57. The molecular formula is C29H23NO5. The lowest BCUT2D eigenvalue weighted by Gasteiger charge is -2.51. The second-order valence-electron chi connectivity index (χ2n) is 9.63. The van der Waals surface area contributed by atoms with E-state index in [0.29, 0.717) is 0 Å². The molecule has 2 amide bonds. The third-order valence-corrected chi connectivity index (χ3v) is 7.58. The van der Waals surface area contributed by atoms with Gasteiger partial charge in [-0.25, -0.2) is 9.69 Å². The van der Waals surface area contributed by atoms with E-state index in [1.165, 1.54) is 0 Å². The highest BCUT2D eigenvalue weighted by atomic mass is 16.5. The van der Waals surface area contributed by atoms with Crippen LogP contribution in [0.2, 0.25) is 0 Å². The molecule has 7 rings (SSSR count). The van der Waals surface area contributed by atoms with Crippen LogP contribution in [-0.2, 0) is 24.5 Å². The zero-order valence-corrected chi connectivity index (χ0v) is 19.3. The monoisotopic (exact) mass is 465 g/mol. The minimum Gasteiger partial charge on any atom is -0.459 e. The van der Waals surface area contributed by atoms with Crippen LogP contribution in [0, 0.1) is 11.8 Å². The minimum absolute atomic E-state index is 0.143. The summed E-state index contributed by atoms with van der Waals surface area (Å²) in [5.41, 5.74) is 2.40. The molecule has 0 unspecified atom stereocenters. The van der Waals surface area contributed by atoms with E-state index in [9.17, 15) is 19.2 Å². The van der Waals surface area contributed by atoms with Gasteiger partial charge >= 0.3 is 5.97 Å². The summed E-state index contributed by atoms with van der Waals surface area (Å²) in [6.45, 7) is 3.47. The fourth-order valence-corrected chi connectivity index (χ4v) is 6.39. The van der Waals surface area contributed by atoms with Gasteiger partial charge < -0.3 is 9.53 Å². The molecule has 174 valence electrons. The molecule has 0 radical (unpaired) electrons. The normalized spacial score (nSPS) is 25.8. The van der Waals surface area contributed by atoms with Crippen molar-refractivity contribution in [3.8, 4) is 0 Å². The molecule has 1 heterocycles. The van der Waals surface area contributed by atoms with Crippen molar-refractivity contribution >= 4 is 29.8 Å². The largest absolute Gasteiger partial charge is 0.459 e. The molecule has 35 heavy (non-hydrogen) atoms. The van der Waals surface area contributed by atoms with Crippen LogP contribution in [0.5, 0.6) is 0 Å². The van der Waals surface area contributed by atoms with Gasteiger partial charge in [0.25, 0.3) is 0 Å². The van der Waals surface area contributed by atoms with Gasteiger partial charge in [-0.3, -0.25) is 9.59 Å². The maximum atomic E-state index is 14.1. The van der Waals surface area contributed by atoms with Crippen LogP contribution < -0.4 is 4.90 Å². The molecule has 1 fully saturated rings. The molecular weight excluding hydrogens is 442 g/mol. The maximum absolute atomic E-state index is 14.1. The van der Waals surface area contributed by atoms with Crippen LogP contribution in [-0.4, -0.2) is 30.2 Å². The van der Waals surface area contributed by atoms with Crippen molar-refractivity contribution in [2.75, 3.05) is 4.90 Å². The van der Waals surface area contributed by atoms with Crippen LogP contribution >= 0.6 is 0 Å². The summed E-state index contributed by atoms with van der Waals surface area (Å²) in [4.78, 5) is 55.2. The number of ether oxygens (including phenoxy) is 1. The predicted molar refractivity (Wildman–Crippen MR) is 128 cm³/mol. The zero-order chi connectivity index (χ0) is 24.5. The van der Waals surface area contributed by atoms with Crippen molar-refractivity contribution in [2.45, 2.75) is 31.3 Å². The Morgan fingerprint density at radius 1 is 0.886 bits per heavy atom. The van der Waals surface area contributed by atoms with Crippen molar-refractivity contribution in [1.29, 1.82) is 0 Å². The Hall–Kier alpha value is -4.06.